The van der Waals surface area contributed by atoms with Crippen LogP contribution in [0.15, 0.2) is 42.6 Å². The minimum absolute atomic E-state index is 0.405. The van der Waals surface area contributed by atoms with Gasteiger partial charge in [0.1, 0.15) is 22.7 Å². The molecule has 2 atom stereocenters. The van der Waals surface area contributed by atoms with Crippen LogP contribution in [0.3, 0.4) is 0 Å². The standard InChI is InChI=1S/C27H27N5O2/c1-33-24-11-23-27(29-26(24)22-7-3-5-16-4-2-6-21(16)22)25(31-30-23)17-8-9-18(28-12-17)13-32-14-20-10-19(32)15-34-20/h3,5,7-9,11-12,19-20H,2,4,6,10,13-15H2,1H3,(H,30,31). The molecule has 0 saturated carbocycles. The Labute approximate surface area is 198 Å². The van der Waals surface area contributed by atoms with Gasteiger partial charge in [-0.3, -0.25) is 15.0 Å². The van der Waals surface area contributed by atoms with Crippen LogP contribution >= 0.6 is 0 Å². The average molecular weight is 454 g/mol. The maximum atomic E-state index is 5.75. The van der Waals surface area contributed by atoms with Gasteiger partial charge in [-0.15, -0.1) is 0 Å². The highest BCUT2D eigenvalue weighted by atomic mass is 16.5. The van der Waals surface area contributed by atoms with E-state index in [0.717, 1.165) is 78.4 Å². The molecule has 0 radical (unpaired) electrons. The van der Waals surface area contributed by atoms with Crippen LogP contribution in [0.25, 0.3) is 33.5 Å². The number of likely N-dealkylation sites (tertiary alicyclic amines) is 1. The first kappa shape index (κ1) is 20.1. The van der Waals surface area contributed by atoms with Gasteiger partial charge in [-0.1, -0.05) is 18.2 Å². The smallest absolute Gasteiger partial charge is 0.147 e. The normalized spacial score (nSPS) is 21.4. The van der Waals surface area contributed by atoms with E-state index in [1.165, 1.54) is 23.1 Å². The molecule has 1 N–H and O–H groups in total. The minimum Gasteiger partial charge on any atom is -0.494 e. The first-order valence-corrected chi connectivity index (χ1v) is 12.1. The largest absolute Gasteiger partial charge is 0.494 e. The Morgan fingerprint density at radius 2 is 2.15 bits per heavy atom. The Balaban J connectivity index is 1.24. The maximum Gasteiger partial charge on any atom is 0.147 e. The monoisotopic (exact) mass is 453 g/mol. The van der Waals surface area contributed by atoms with E-state index in [0.29, 0.717) is 12.1 Å². The second-order valence-electron chi connectivity index (χ2n) is 9.62. The number of fused-ring (bicyclic) bond motifs is 4. The number of hydrogen-bond acceptors (Lipinski definition) is 6. The highest BCUT2D eigenvalue weighted by Gasteiger charge is 2.38. The van der Waals surface area contributed by atoms with Gasteiger partial charge in [-0.2, -0.15) is 5.10 Å². The molecule has 2 bridgehead atoms. The molecule has 4 aromatic rings. The zero-order valence-electron chi connectivity index (χ0n) is 19.3. The minimum atomic E-state index is 0.405. The van der Waals surface area contributed by atoms with Crippen LogP contribution < -0.4 is 4.74 Å². The average Bonchev–Trinajstić information content (AvgIpc) is 3.67. The number of pyridine rings is 2. The molecule has 1 aromatic carbocycles. The molecule has 1 aliphatic carbocycles. The SMILES string of the molecule is COc1cc2[nH]nc(-c3ccc(CN4CC5CC4CO5)nc3)c2nc1-c1cccc2c1CCC2. The molecule has 3 aliphatic rings. The van der Waals surface area contributed by atoms with Crippen molar-refractivity contribution in [1.82, 2.24) is 25.1 Å². The van der Waals surface area contributed by atoms with Gasteiger partial charge in [-0.05, 0) is 48.9 Å². The first-order chi connectivity index (χ1) is 16.8. The van der Waals surface area contributed by atoms with Gasteiger partial charge in [0.2, 0.25) is 0 Å². The predicted molar refractivity (Wildman–Crippen MR) is 130 cm³/mol. The molecule has 3 aromatic heterocycles. The van der Waals surface area contributed by atoms with Crippen LogP contribution in [-0.2, 0) is 24.1 Å². The van der Waals surface area contributed by atoms with Gasteiger partial charge in [0.05, 0.1) is 31.0 Å². The third kappa shape index (κ3) is 3.22. The molecule has 0 amide bonds. The lowest BCUT2D eigenvalue weighted by atomic mass is 9.99. The lowest BCUT2D eigenvalue weighted by molar-refractivity contribution is 0.0268. The summed E-state index contributed by atoms with van der Waals surface area (Å²) in [6.07, 6.45) is 6.89. The molecule has 2 fully saturated rings. The van der Waals surface area contributed by atoms with Crippen LogP contribution in [-0.4, -0.2) is 57.5 Å². The molecular formula is C27H27N5O2. The van der Waals surface area contributed by atoms with Crippen LogP contribution in [0.4, 0.5) is 0 Å². The fourth-order valence-electron chi connectivity index (χ4n) is 5.86. The van der Waals surface area contributed by atoms with E-state index >= 15 is 0 Å². The number of aromatic amines is 1. The van der Waals surface area contributed by atoms with Crippen molar-refractivity contribution < 1.29 is 9.47 Å². The molecule has 7 heteroatoms. The number of morpholine rings is 1. The summed E-state index contributed by atoms with van der Waals surface area (Å²) in [5.74, 6) is 0.764. The van der Waals surface area contributed by atoms with Gasteiger partial charge >= 0.3 is 0 Å². The summed E-state index contributed by atoms with van der Waals surface area (Å²) in [7, 11) is 1.70. The van der Waals surface area contributed by atoms with Crippen molar-refractivity contribution in [2.24, 2.45) is 0 Å². The lowest BCUT2D eigenvalue weighted by Gasteiger charge is -2.26. The number of benzene rings is 1. The molecule has 5 heterocycles. The van der Waals surface area contributed by atoms with Gasteiger partial charge < -0.3 is 9.47 Å². The quantitative estimate of drug-likeness (QED) is 0.489. The Morgan fingerprint density at radius 3 is 2.94 bits per heavy atom. The van der Waals surface area contributed by atoms with Crippen molar-refractivity contribution in [1.29, 1.82) is 0 Å². The number of methoxy groups -OCH3 is 1. The van der Waals surface area contributed by atoms with E-state index in [1.807, 2.05) is 12.3 Å². The molecule has 172 valence electrons. The Morgan fingerprint density at radius 1 is 1.18 bits per heavy atom. The van der Waals surface area contributed by atoms with Gasteiger partial charge in [0.25, 0.3) is 0 Å². The van der Waals surface area contributed by atoms with E-state index in [2.05, 4.69) is 45.4 Å². The number of H-pyrrole nitrogens is 1. The summed E-state index contributed by atoms with van der Waals surface area (Å²) in [5.41, 5.74) is 9.42. The predicted octanol–water partition coefficient (Wildman–Crippen LogP) is 4.16. The number of ether oxygens (including phenoxy) is 2. The molecule has 7 rings (SSSR count). The van der Waals surface area contributed by atoms with E-state index in [9.17, 15) is 0 Å². The lowest BCUT2D eigenvalue weighted by Crippen LogP contribution is -2.36. The highest BCUT2D eigenvalue weighted by Crippen LogP contribution is 2.38. The van der Waals surface area contributed by atoms with Crippen LogP contribution in [0.5, 0.6) is 5.75 Å². The Bertz CT molecular complexity index is 1380. The number of aryl methyl sites for hydroxylation is 1. The van der Waals surface area contributed by atoms with Gasteiger partial charge in [0.15, 0.2) is 0 Å². The fourth-order valence-corrected chi connectivity index (χ4v) is 5.86. The number of hydrogen-bond donors (Lipinski definition) is 1. The summed E-state index contributed by atoms with van der Waals surface area (Å²) in [5, 5.41) is 7.74. The molecule has 34 heavy (non-hydrogen) atoms. The zero-order chi connectivity index (χ0) is 22.6. The van der Waals surface area contributed by atoms with Crippen molar-refractivity contribution in [3.63, 3.8) is 0 Å². The second-order valence-corrected chi connectivity index (χ2v) is 9.62. The Kier molecular flexibility index (Phi) is 4.67. The van der Waals surface area contributed by atoms with Crippen molar-refractivity contribution >= 4 is 11.0 Å². The third-order valence-electron chi connectivity index (χ3n) is 7.60. The molecule has 7 nitrogen and oxygen atoms in total. The maximum absolute atomic E-state index is 5.75. The first-order valence-electron chi connectivity index (χ1n) is 12.1. The van der Waals surface area contributed by atoms with Crippen LogP contribution in [0, 0.1) is 0 Å². The number of nitrogens with zero attached hydrogens (tertiary/aromatic N) is 4. The van der Waals surface area contributed by atoms with Gasteiger partial charge in [-0.25, -0.2) is 4.98 Å². The van der Waals surface area contributed by atoms with E-state index in [4.69, 9.17) is 19.4 Å². The fraction of sp³-hybridized carbons (Fsp3) is 0.370. The molecule has 0 spiro atoms. The summed E-state index contributed by atoms with van der Waals surface area (Å²) in [6, 6.07) is 13.3. The van der Waals surface area contributed by atoms with E-state index in [-0.39, 0.29) is 0 Å². The summed E-state index contributed by atoms with van der Waals surface area (Å²) in [4.78, 5) is 12.3. The Hall–Kier alpha value is -3.29. The number of nitrogens with one attached hydrogen (secondary N) is 1. The van der Waals surface area contributed by atoms with Crippen molar-refractivity contribution in [3.8, 4) is 28.3 Å². The zero-order valence-corrected chi connectivity index (χ0v) is 19.3. The summed E-state index contributed by atoms with van der Waals surface area (Å²) >= 11 is 0. The third-order valence-corrected chi connectivity index (χ3v) is 7.60. The molecule has 2 unspecified atom stereocenters. The van der Waals surface area contributed by atoms with Crippen molar-refractivity contribution in [2.45, 2.75) is 44.4 Å². The number of aromatic nitrogens is 4. The topological polar surface area (TPSA) is 76.2 Å². The molecular weight excluding hydrogens is 426 g/mol. The van der Waals surface area contributed by atoms with Crippen molar-refractivity contribution in [3.05, 3.63) is 59.4 Å². The van der Waals surface area contributed by atoms with Crippen LogP contribution in [0.1, 0.15) is 29.7 Å². The number of rotatable bonds is 5. The van der Waals surface area contributed by atoms with Crippen molar-refractivity contribution in [2.75, 3.05) is 20.3 Å². The van der Waals surface area contributed by atoms with E-state index < -0.39 is 0 Å². The summed E-state index contributed by atoms with van der Waals surface area (Å²) < 4.78 is 11.5. The molecule has 2 saturated heterocycles. The van der Waals surface area contributed by atoms with Gasteiger partial charge in [0, 0.05) is 42.5 Å². The second kappa shape index (κ2) is 7.89. The van der Waals surface area contributed by atoms with Crippen LogP contribution in [0.2, 0.25) is 0 Å². The van der Waals surface area contributed by atoms with E-state index in [1.54, 1.807) is 7.11 Å². The summed E-state index contributed by atoms with van der Waals surface area (Å²) in [6.45, 7) is 2.73. The highest BCUT2D eigenvalue weighted by molar-refractivity contribution is 5.93. The molecule has 2 aliphatic heterocycles.